The van der Waals surface area contributed by atoms with Crippen LogP contribution in [0.4, 0.5) is 8.78 Å². The minimum absolute atomic E-state index is 0.0805. The molecule has 1 aromatic carbocycles. The van der Waals surface area contributed by atoms with Gasteiger partial charge in [-0.1, -0.05) is 5.16 Å². The molecular formula is C16H12F2N4O3S. The van der Waals surface area contributed by atoms with Crippen molar-refractivity contribution in [1.82, 2.24) is 19.4 Å². The molecule has 134 valence electrons. The van der Waals surface area contributed by atoms with Crippen molar-refractivity contribution in [3.63, 3.8) is 0 Å². The van der Waals surface area contributed by atoms with Gasteiger partial charge in [-0.25, -0.2) is 17.2 Å². The van der Waals surface area contributed by atoms with Gasteiger partial charge in [0.05, 0.1) is 5.92 Å². The number of hydrogen-bond donors (Lipinski definition) is 0. The van der Waals surface area contributed by atoms with E-state index in [-0.39, 0.29) is 19.0 Å². The van der Waals surface area contributed by atoms with Crippen LogP contribution in [0.2, 0.25) is 0 Å². The maximum Gasteiger partial charge on any atom is 0.246 e. The number of sulfonamides is 1. The van der Waals surface area contributed by atoms with Crippen LogP contribution in [-0.4, -0.2) is 40.9 Å². The topological polar surface area (TPSA) is 89.2 Å². The van der Waals surface area contributed by atoms with Gasteiger partial charge in [-0.15, -0.1) is 0 Å². The molecule has 0 radical (unpaired) electrons. The van der Waals surface area contributed by atoms with Crippen molar-refractivity contribution < 1.29 is 21.7 Å². The molecule has 0 spiro atoms. The summed E-state index contributed by atoms with van der Waals surface area (Å²) in [5.74, 6) is -1.55. The first-order valence-electron chi connectivity index (χ1n) is 7.64. The monoisotopic (exact) mass is 378 g/mol. The third kappa shape index (κ3) is 2.86. The van der Waals surface area contributed by atoms with E-state index in [1.165, 1.54) is 0 Å². The number of pyridine rings is 1. The molecule has 1 saturated heterocycles. The van der Waals surface area contributed by atoms with E-state index in [2.05, 4.69) is 15.1 Å². The van der Waals surface area contributed by atoms with Crippen LogP contribution in [-0.2, 0) is 10.0 Å². The third-order valence-electron chi connectivity index (χ3n) is 4.09. The molecule has 1 fully saturated rings. The zero-order chi connectivity index (χ0) is 18.3. The Morgan fingerprint density at radius 3 is 2.54 bits per heavy atom. The van der Waals surface area contributed by atoms with Gasteiger partial charge < -0.3 is 4.52 Å². The number of rotatable bonds is 4. The first-order chi connectivity index (χ1) is 12.4. The summed E-state index contributed by atoms with van der Waals surface area (Å²) >= 11 is 0. The average molecular weight is 378 g/mol. The SMILES string of the molecule is O=S(=O)(c1ccc(F)cc1F)N1CC(c2nc(-c3ccncc3)no2)C1. The molecule has 0 aliphatic carbocycles. The molecule has 26 heavy (non-hydrogen) atoms. The predicted octanol–water partition coefficient (Wildman–Crippen LogP) is 2.20. The molecule has 3 heterocycles. The van der Waals surface area contributed by atoms with E-state index in [0.29, 0.717) is 17.8 Å². The number of benzene rings is 1. The lowest BCUT2D eigenvalue weighted by molar-refractivity contribution is 0.216. The summed E-state index contributed by atoms with van der Waals surface area (Å²) in [5, 5.41) is 3.88. The van der Waals surface area contributed by atoms with Gasteiger partial charge >= 0.3 is 0 Å². The normalized spacial score (nSPS) is 15.8. The highest BCUT2D eigenvalue weighted by molar-refractivity contribution is 7.89. The fourth-order valence-corrected chi connectivity index (χ4v) is 4.21. The first-order valence-corrected chi connectivity index (χ1v) is 9.08. The lowest BCUT2D eigenvalue weighted by atomic mass is 10.0. The third-order valence-corrected chi connectivity index (χ3v) is 5.95. The van der Waals surface area contributed by atoms with Gasteiger partial charge in [-0.2, -0.15) is 9.29 Å². The molecule has 4 rings (SSSR count). The Morgan fingerprint density at radius 1 is 1.12 bits per heavy atom. The van der Waals surface area contributed by atoms with Gasteiger partial charge in [0.2, 0.25) is 21.7 Å². The minimum Gasteiger partial charge on any atom is -0.339 e. The van der Waals surface area contributed by atoms with Gasteiger partial charge in [0.1, 0.15) is 16.5 Å². The van der Waals surface area contributed by atoms with Gasteiger partial charge in [0.25, 0.3) is 0 Å². The van der Waals surface area contributed by atoms with E-state index in [1.54, 1.807) is 24.5 Å². The highest BCUT2D eigenvalue weighted by atomic mass is 32.2. The Bertz CT molecular complexity index is 1050. The van der Waals surface area contributed by atoms with E-state index in [4.69, 9.17) is 4.52 Å². The van der Waals surface area contributed by atoms with Crippen molar-refractivity contribution in [2.45, 2.75) is 10.8 Å². The quantitative estimate of drug-likeness (QED) is 0.691. The molecular weight excluding hydrogens is 366 g/mol. The van der Waals surface area contributed by atoms with Gasteiger partial charge in [0, 0.05) is 37.1 Å². The second-order valence-corrected chi connectivity index (χ2v) is 7.69. The van der Waals surface area contributed by atoms with Crippen LogP contribution < -0.4 is 0 Å². The van der Waals surface area contributed by atoms with Crippen LogP contribution in [0.1, 0.15) is 11.8 Å². The van der Waals surface area contributed by atoms with E-state index in [0.717, 1.165) is 22.0 Å². The van der Waals surface area contributed by atoms with Crippen LogP contribution in [0.15, 0.2) is 52.1 Å². The zero-order valence-electron chi connectivity index (χ0n) is 13.2. The number of aromatic nitrogens is 3. The Morgan fingerprint density at radius 2 is 1.85 bits per heavy atom. The average Bonchev–Trinajstić information content (AvgIpc) is 3.03. The van der Waals surface area contributed by atoms with Gasteiger partial charge in [-0.05, 0) is 24.3 Å². The molecule has 1 aliphatic rings. The van der Waals surface area contributed by atoms with Crippen molar-refractivity contribution in [2.75, 3.05) is 13.1 Å². The maximum absolute atomic E-state index is 13.8. The number of nitrogens with zero attached hydrogens (tertiary/aromatic N) is 4. The van der Waals surface area contributed by atoms with E-state index in [9.17, 15) is 17.2 Å². The minimum atomic E-state index is -4.04. The maximum atomic E-state index is 13.8. The van der Waals surface area contributed by atoms with Crippen molar-refractivity contribution in [3.05, 3.63) is 60.3 Å². The lowest BCUT2D eigenvalue weighted by Gasteiger charge is -2.35. The van der Waals surface area contributed by atoms with Gasteiger partial charge in [-0.3, -0.25) is 4.98 Å². The standard InChI is InChI=1S/C16H12F2N4O3S/c17-12-1-2-14(13(18)7-12)26(23,24)22-8-11(9-22)16-20-15(21-25-16)10-3-5-19-6-4-10/h1-7,11H,8-9H2. The molecule has 7 nitrogen and oxygen atoms in total. The second kappa shape index (κ2) is 6.22. The van der Waals surface area contributed by atoms with Gasteiger partial charge in [0.15, 0.2) is 0 Å². The lowest BCUT2D eigenvalue weighted by Crippen LogP contribution is -2.48. The summed E-state index contributed by atoms with van der Waals surface area (Å²) in [6.07, 6.45) is 3.19. The van der Waals surface area contributed by atoms with Crippen LogP contribution in [0.25, 0.3) is 11.4 Å². The summed E-state index contributed by atoms with van der Waals surface area (Å²) in [5.41, 5.74) is 0.729. The molecule has 0 atom stereocenters. The fourth-order valence-electron chi connectivity index (χ4n) is 2.63. The Kier molecular flexibility index (Phi) is 4.00. The molecule has 1 aliphatic heterocycles. The van der Waals surface area contributed by atoms with E-state index < -0.39 is 26.6 Å². The predicted molar refractivity (Wildman–Crippen MR) is 85.4 cm³/mol. The molecule has 10 heteroatoms. The molecule has 3 aromatic rings. The first kappa shape index (κ1) is 16.7. The summed E-state index contributed by atoms with van der Waals surface area (Å²) in [4.78, 5) is 7.62. The molecule has 0 amide bonds. The van der Waals surface area contributed by atoms with Crippen LogP contribution in [0, 0.1) is 11.6 Å². The summed E-state index contributed by atoms with van der Waals surface area (Å²) < 4.78 is 57.9. The Balaban J connectivity index is 1.49. The highest BCUT2D eigenvalue weighted by Gasteiger charge is 2.41. The molecule has 0 unspecified atom stereocenters. The Labute approximate surface area is 147 Å². The largest absolute Gasteiger partial charge is 0.339 e. The fraction of sp³-hybridized carbons (Fsp3) is 0.188. The van der Waals surface area contributed by atoms with Crippen LogP contribution >= 0.6 is 0 Å². The van der Waals surface area contributed by atoms with Crippen molar-refractivity contribution in [1.29, 1.82) is 0 Å². The van der Waals surface area contributed by atoms with Crippen LogP contribution in [0.5, 0.6) is 0 Å². The smallest absolute Gasteiger partial charge is 0.246 e. The van der Waals surface area contributed by atoms with Crippen molar-refractivity contribution in [2.24, 2.45) is 0 Å². The van der Waals surface area contributed by atoms with Crippen molar-refractivity contribution >= 4 is 10.0 Å². The summed E-state index contributed by atoms with van der Waals surface area (Å²) in [7, 11) is -4.04. The number of hydrogen-bond acceptors (Lipinski definition) is 6. The molecule has 0 N–H and O–H groups in total. The highest BCUT2D eigenvalue weighted by Crippen LogP contribution is 2.32. The zero-order valence-corrected chi connectivity index (χ0v) is 14.0. The molecule has 0 saturated carbocycles. The molecule has 2 aromatic heterocycles. The number of halogens is 2. The summed E-state index contributed by atoms with van der Waals surface area (Å²) in [6, 6.07) is 5.82. The molecule has 0 bridgehead atoms. The van der Waals surface area contributed by atoms with E-state index in [1.807, 2.05) is 0 Å². The van der Waals surface area contributed by atoms with E-state index >= 15 is 0 Å². The summed E-state index contributed by atoms with van der Waals surface area (Å²) in [6.45, 7) is 0.161. The Hall–Kier alpha value is -2.72. The second-order valence-electron chi connectivity index (χ2n) is 5.79. The van der Waals surface area contributed by atoms with Crippen LogP contribution in [0.3, 0.4) is 0 Å². The van der Waals surface area contributed by atoms with Crippen molar-refractivity contribution in [3.8, 4) is 11.4 Å².